The van der Waals surface area contributed by atoms with Crippen LogP contribution in [-0.2, 0) is 52.5 Å². The standard InChI is InChI=1S/C33H41FN6O8.C26H30FN5O5.C7H13NO4/c1-21(41)35-18-25-20-40(32(46)47-25)24-8-9-27(26(34)17-24)38-12-14-39(15-13-38)30(44)11-10-28(42)22-6-5-7-23(16-22)37-36-19-29(43)31(45)48-33(2,3)4;1-17(33)29-15-21-16-32(26(36)37-21)20-5-6-23(22(27)14-20)30-9-11-31(12-10-30)25(35)8-7-24(34)18-3-2-4-19(28)13-18;1-7(2,3)12-6(11)8-4-5(9)10/h5-9,16-17,25,36-37H,10-15,18-20H2,1-4H3,(H,35,41);2-6,13-14,21H,7-12,15-16,28H2,1H3,(H,29,33);4H2,1-3H3,(H,8,11)(H,9,10)/t25-;21-;/m00./s1. The molecule has 31 heteroatoms. The lowest BCUT2D eigenvalue weighted by Crippen LogP contribution is -2.49. The SMILES string of the molecule is CC(=O)NC[C@H]1CN(c2ccc(N3CCN(C(=O)CCC(=O)c4cccc(N)c4)CC3)c(F)c2)C(=O)O1.CC(=O)NC[C@H]1CN(c2ccc(N3CCN(C(=O)CCC(=O)c4cccc(NNCC(=O)C(=O)OC(C)(C)C)c4)CC3)c(F)c2)C(=O)O1.CC(C)(C)OC(=O)NCC(=O)O. The van der Waals surface area contributed by atoms with Crippen molar-refractivity contribution in [1.29, 1.82) is 0 Å². The van der Waals surface area contributed by atoms with Gasteiger partial charge in [-0.15, -0.1) is 0 Å². The second kappa shape index (κ2) is 34.8. The number of nitrogens with two attached hydrogens (primary N) is 1. The highest BCUT2D eigenvalue weighted by atomic mass is 19.1. The molecule has 2 atom stereocenters. The number of alkyl carbamates (subject to hydrolysis) is 1. The minimum absolute atomic E-state index is 0.00619. The summed E-state index contributed by atoms with van der Waals surface area (Å²) >= 11 is 0. The molecule has 524 valence electrons. The van der Waals surface area contributed by atoms with Crippen molar-refractivity contribution >= 4 is 105 Å². The molecule has 4 heterocycles. The summed E-state index contributed by atoms with van der Waals surface area (Å²) in [7, 11) is 0. The fourth-order valence-corrected chi connectivity index (χ4v) is 10.1. The number of benzene rings is 4. The number of nitrogens with zero attached hydrogens (tertiary/aromatic N) is 6. The van der Waals surface area contributed by atoms with Crippen LogP contribution in [0.15, 0.2) is 84.9 Å². The number of hydrazine groups is 1. The fourth-order valence-electron chi connectivity index (χ4n) is 10.1. The van der Waals surface area contributed by atoms with Gasteiger partial charge in [0.2, 0.25) is 23.6 Å². The number of anilines is 6. The number of piperazine rings is 2. The molecule has 4 saturated heterocycles. The first-order valence-corrected chi connectivity index (χ1v) is 31.3. The average molecular weight is 1360 g/mol. The number of hydrogen-bond donors (Lipinski definition) is 7. The van der Waals surface area contributed by atoms with Gasteiger partial charge in [-0.1, -0.05) is 24.3 Å². The van der Waals surface area contributed by atoms with Gasteiger partial charge in [0.1, 0.15) is 41.6 Å². The van der Waals surface area contributed by atoms with Gasteiger partial charge in [-0.2, -0.15) is 0 Å². The zero-order chi connectivity index (χ0) is 71.3. The van der Waals surface area contributed by atoms with Crippen molar-refractivity contribution in [2.75, 3.05) is 122 Å². The van der Waals surface area contributed by atoms with E-state index in [1.807, 2.05) is 9.80 Å². The van der Waals surface area contributed by atoms with E-state index >= 15 is 8.78 Å². The predicted octanol–water partition coefficient (Wildman–Crippen LogP) is 5.20. The third-order valence-corrected chi connectivity index (χ3v) is 14.8. The molecular formula is C66H84F2N12O17. The topological polar surface area (TPSA) is 368 Å². The van der Waals surface area contributed by atoms with Crippen molar-refractivity contribution in [2.24, 2.45) is 0 Å². The maximum Gasteiger partial charge on any atom is 0.414 e. The largest absolute Gasteiger partial charge is 0.480 e. The first-order valence-electron chi connectivity index (χ1n) is 31.3. The van der Waals surface area contributed by atoms with Crippen molar-refractivity contribution in [3.05, 3.63) is 108 Å². The Hall–Kier alpha value is -10.5. The number of cyclic esters (lactones) is 2. The van der Waals surface area contributed by atoms with E-state index in [-0.39, 0.29) is 93.6 Å². The lowest BCUT2D eigenvalue weighted by molar-refractivity contribution is -0.162. The summed E-state index contributed by atoms with van der Waals surface area (Å²) in [5.74, 6) is -4.94. The summed E-state index contributed by atoms with van der Waals surface area (Å²) in [6.07, 6.45) is -2.76. The van der Waals surface area contributed by atoms with Gasteiger partial charge in [-0.25, -0.2) is 33.4 Å². The number of carboxylic acids is 1. The molecular weight excluding hydrogens is 1270 g/mol. The van der Waals surface area contributed by atoms with Gasteiger partial charge in [0, 0.05) is 114 Å². The van der Waals surface area contributed by atoms with Crippen LogP contribution >= 0.6 is 0 Å². The molecule has 8 rings (SSSR count). The molecule has 29 nitrogen and oxygen atoms in total. The molecule has 0 bridgehead atoms. The van der Waals surface area contributed by atoms with Gasteiger partial charge >= 0.3 is 30.2 Å². The molecule has 0 aromatic heterocycles. The number of ketones is 3. The van der Waals surface area contributed by atoms with E-state index in [4.69, 9.17) is 29.8 Å². The number of Topliss-reactive ketones (excluding diaryl/α,β-unsaturated/α-hetero) is 3. The summed E-state index contributed by atoms with van der Waals surface area (Å²) < 4.78 is 50.5. The van der Waals surface area contributed by atoms with Crippen molar-refractivity contribution in [3.63, 3.8) is 0 Å². The van der Waals surface area contributed by atoms with E-state index in [1.54, 1.807) is 124 Å². The first kappa shape index (κ1) is 75.6. The maximum absolute atomic E-state index is 15.2. The molecule has 4 aromatic rings. The van der Waals surface area contributed by atoms with Crippen LogP contribution in [0.2, 0.25) is 0 Å². The van der Waals surface area contributed by atoms with Gasteiger partial charge in [0.15, 0.2) is 11.6 Å². The Kier molecular flexibility index (Phi) is 27.1. The summed E-state index contributed by atoms with van der Waals surface area (Å²) in [6.45, 7) is 16.0. The van der Waals surface area contributed by atoms with Crippen molar-refractivity contribution < 1.29 is 90.4 Å². The lowest BCUT2D eigenvalue weighted by Gasteiger charge is -2.36. The monoisotopic (exact) mass is 1350 g/mol. The van der Waals surface area contributed by atoms with Crippen LogP contribution in [0.25, 0.3) is 0 Å². The number of carbonyl (C=O) groups excluding carboxylic acids is 11. The molecule has 4 aliphatic rings. The zero-order valence-electron chi connectivity index (χ0n) is 55.5. The zero-order valence-corrected chi connectivity index (χ0v) is 55.5. The Morgan fingerprint density at radius 1 is 0.567 bits per heavy atom. The molecule has 8 N–H and O–H groups in total. The minimum Gasteiger partial charge on any atom is -0.480 e. The number of nitrogens with one attached hydrogen (secondary N) is 5. The first-order chi connectivity index (χ1) is 45.7. The Morgan fingerprint density at radius 2 is 1.01 bits per heavy atom. The molecule has 7 amide bonds. The number of carboxylic acid groups (broad SMARTS) is 1. The number of rotatable bonds is 23. The van der Waals surface area contributed by atoms with Gasteiger partial charge in [-0.3, -0.25) is 48.2 Å². The van der Waals surface area contributed by atoms with Crippen molar-refractivity contribution in [1.82, 2.24) is 31.2 Å². The molecule has 4 aliphatic heterocycles. The average Bonchev–Trinajstić information content (AvgIpc) is 1.79. The smallest absolute Gasteiger partial charge is 0.414 e. The number of esters is 1. The van der Waals surface area contributed by atoms with E-state index in [2.05, 4.69) is 26.8 Å². The second-order valence-electron chi connectivity index (χ2n) is 24.8. The Labute approximate surface area is 559 Å². The van der Waals surface area contributed by atoms with E-state index in [0.717, 1.165) is 0 Å². The van der Waals surface area contributed by atoms with E-state index in [9.17, 15) is 57.5 Å². The van der Waals surface area contributed by atoms with Crippen molar-refractivity contribution in [3.8, 4) is 0 Å². The van der Waals surface area contributed by atoms with Crippen LogP contribution in [0.1, 0.15) is 102 Å². The summed E-state index contributed by atoms with van der Waals surface area (Å²) in [4.78, 5) is 152. The number of carbonyl (C=O) groups is 12. The Bertz CT molecular complexity index is 3550. The highest BCUT2D eigenvalue weighted by molar-refractivity contribution is 6.34. The third-order valence-electron chi connectivity index (χ3n) is 14.8. The Balaban J connectivity index is 0.000000268. The summed E-state index contributed by atoms with van der Waals surface area (Å²) in [5, 5.41) is 15.5. The van der Waals surface area contributed by atoms with E-state index in [1.165, 1.54) is 35.8 Å². The molecule has 97 heavy (non-hydrogen) atoms. The van der Waals surface area contributed by atoms with Crippen LogP contribution in [0.5, 0.6) is 0 Å². The van der Waals surface area contributed by atoms with E-state index in [0.29, 0.717) is 97.6 Å². The highest BCUT2D eigenvalue weighted by Gasteiger charge is 2.35. The van der Waals surface area contributed by atoms with Crippen LogP contribution < -0.4 is 52.1 Å². The summed E-state index contributed by atoms with van der Waals surface area (Å²) in [6, 6.07) is 22.3. The van der Waals surface area contributed by atoms with Gasteiger partial charge < -0.3 is 70.8 Å². The van der Waals surface area contributed by atoms with Gasteiger partial charge in [0.25, 0.3) is 5.78 Å². The number of ether oxygens (including phenoxy) is 4. The fraction of sp³-hybridized carbons (Fsp3) is 0.455. The molecule has 4 fully saturated rings. The van der Waals surface area contributed by atoms with E-state index < -0.39 is 77.6 Å². The summed E-state index contributed by atoms with van der Waals surface area (Å²) in [5.41, 5.74) is 13.1. The minimum atomic E-state index is -1.10. The third kappa shape index (κ3) is 24.4. The van der Waals surface area contributed by atoms with Crippen LogP contribution in [0.4, 0.5) is 57.3 Å². The highest BCUT2D eigenvalue weighted by Crippen LogP contribution is 2.31. The molecule has 4 aromatic carbocycles. The number of nitrogen functional groups attached to an aromatic ring is 1. The van der Waals surface area contributed by atoms with Gasteiger partial charge in [0.05, 0.1) is 55.5 Å². The number of hydrogen-bond acceptors (Lipinski definition) is 21. The molecule has 0 saturated carbocycles. The maximum atomic E-state index is 15.2. The van der Waals surface area contributed by atoms with Crippen molar-refractivity contribution in [2.45, 2.75) is 104 Å². The quantitative estimate of drug-likeness (QED) is 0.0125. The number of aliphatic carboxylic acids is 1. The molecule has 0 aliphatic carbocycles. The molecule has 0 spiro atoms. The molecule has 0 unspecified atom stereocenters. The normalized spacial score (nSPS) is 16.1. The Morgan fingerprint density at radius 3 is 1.42 bits per heavy atom. The number of amides is 7. The van der Waals surface area contributed by atoms with Gasteiger partial charge in [-0.05, 0) is 102 Å². The second-order valence-corrected chi connectivity index (χ2v) is 24.8. The number of halogens is 2. The lowest BCUT2D eigenvalue weighted by atomic mass is 10.1. The van der Waals surface area contributed by atoms with Crippen LogP contribution in [-0.4, -0.2) is 201 Å². The predicted molar refractivity (Wildman–Crippen MR) is 352 cm³/mol. The van der Waals surface area contributed by atoms with Crippen LogP contribution in [0.3, 0.4) is 0 Å². The van der Waals surface area contributed by atoms with Crippen LogP contribution in [0, 0.1) is 11.6 Å². The molecule has 0 radical (unpaired) electrons.